The van der Waals surface area contributed by atoms with Crippen molar-refractivity contribution in [3.63, 3.8) is 0 Å². The van der Waals surface area contributed by atoms with E-state index < -0.39 is 11.7 Å². The quantitative estimate of drug-likeness (QED) is 0.920. The lowest BCUT2D eigenvalue weighted by Gasteiger charge is -2.35. The van der Waals surface area contributed by atoms with E-state index in [2.05, 4.69) is 4.98 Å². The molecule has 0 atom stereocenters. The number of halogens is 1. The molecule has 7 heteroatoms. The van der Waals surface area contributed by atoms with E-state index in [-0.39, 0.29) is 5.91 Å². The second kappa shape index (κ2) is 6.66. The molecule has 124 valence electrons. The molecule has 0 bridgehead atoms. The average molecular weight is 328 g/mol. The molecule has 1 aliphatic rings. The third-order valence-electron chi connectivity index (χ3n) is 3.99. The zero-order valence-corrected chi connectivity index (χ0v) is 13.0. The van der Waals surface area contributed by atoms with Crippen LogP contribution in [0.4, 0.5) is 10.2 Å². The Bertz CT molecular complexity index is 755. The van der Waals surface area contributed by atoms with Crippen LogP contribution >= 0.6 is 0 Å². The molecule has 0 spiro atoms. The van der Waals surface area contributed by atoms with Crippen LogP contribution in [0.15, 0.2) is 42.6 Å². The van der Waals surface area contributed by atoms with Gasteiger partial charge in [0, 0.05) is 37.9 Å². The molecule has 1 saturated heterocycles. The highest BCUT2D eigenvalue weighted by molar-refractivity contribution is 5.94. The lowest BCUT2D eigenvalue weighted by Crippen LogP contribution is -2.49. The zero-order chi connectivity index (χ0) is 17.1. The monoisotopic (exact) mass is 328 g/mol. The number of hydrogen-bond acceptors (Lipinski definition) is 4. The summed E-state index contributed by atoms with van der Waals surface area (Å²) < 4.78 is 13.2. The van der Waals surface area contributed by atoms with E-state index in [0.717, 1.165) is 5.82 Å². The number of rotatable bonds is 3. The van der Waals surface area contributed by atoms with Crippen LogP contribution < -0.4 is 10.6 Å². The normalized spacial score (nSPS) is 14.5. The molecular weight excluding hydrogens is 311 g/mol. The molecule has 2 heterocycles. The Morgan fingerprint density at radius 3 is 2.38 bits per heavy atom. The second-order valence-electron chi connectivity index (χ2n) is 5.56. The van der Waals surface area contributed by atoms with Crippen LogP contribution in [0.3, 0.4) is 0 Å². The van der Waals surface area contributed by atoms with Gasteiger partial charge >= 0.3 is 0 Å². The van der Waals surface area contributed by atoms with Gasteiger partial charge < -0.3 is 15.5 Å². The number of anilines is 1. The number of nitrogens with two attached hydrogens (primary N) is 1. The van der Waals surface area contributed by atoms with Gasteiger partial charge in [0.15, 0.2) is 0 Å². The number of carbonyl (C=O) groups is 2. The molecular formula is C17H17FN4O2. The lowest BCUT2D eigenvalue weighted by atomic mass is 10.1. The number of piperazine rings is 1. The first kappa shape index (κ1) is 15.9. The first-order valence-electron chi connectivity index (χ1n) is 7.60. The zero-order valence-electron chi connectivity index (χ0n) is 13.0. The number of primary amides is 1. The minimum absolute atomic E-state index is 0.175. The van der Waals surface area contributed by atoms with Crippen LogP contribution in [0.1, 0.15) is 20.7 Å². The van der Waals surface area contributed by atoms with E-state index >= 15 is 0 Å². The Morgan fingerprint density at radius 2 is 1.79 bits per heavy atom. The van der Waals surface area contributed by atoms with Crippen molar-refractivity contribution < 1.29 is 14.0 Å². The van der Waals surface area contributed by atoms with Gasteiger partial charge in [-0.1, -0.05) is 6.07 Å². The summed E-state index contributed by atoms with van der Waals surface area (Å²) in [6, 6.07) is 9.08. The fourth-order valence-electron chi connectivity index (χ4n) is 2.66. The van der Waals surface area contributed by atoms with Crippen LogP contribution in [0.2, 0.25) is 0 Å². The van der Waals surface area contributed by atoms with E-state index in [4.69, 9.17) is 5.73 Å². The van der Waals surface area contributed by atoms with Gasteiger partial charge in [0.25, 0.3) is 5.91 Å². The number of hydrogen-bond donors (Lipinski definition) is 1. The van der Waals surface area contributed by atoms with Crippen molar-refractivity contribution in [2.24, 2.45) is 5.73 Å². The smallest absolute Gasteiger partial charge is 0.254 e. The average Bonchev–Trinajstić information content (AvgIpc) is 2.61. The molecule has 3 rings (SSSR count). The number of pyridine rings is 1. The molecule has 0 saturated carbocycles. The SMILES string of the molecule is NC(=O)c1ccc(N2CCN(C(=O)c3cccc(F)c3)CC2)nc1. The highest BCUT2D eigenvalue weighted by Gasteiger charge is 2.23. The molecule has 0 unspecified atom stereocenters. The molecule has 1 aromatic carbocycles. The lowest BCUT2D eigenvalue weighted by molar-refractivity contribution is 0.0745. The molecule has 6 nitrogen and oxygen atoms in total. The first-order chi connectivity index (χ1) is 11.5. The molecule has 2 amide bonds. The highest BCUT2D eigenvalue weighted by atomic mass is 19.1. The number of nitrogens with zero attached hydrogens (tertiary/aromatic N) is 3. The van der Waals surface area contributed by atoms with Crippen LogP contribution in [0.25, 0.3) is 0 Å². The van der Waals surface area contributed by atoms with Crippen LogP contribution in [0, 0.1) is 5.82 Å². The van der Waals surface area contributed by atoms with E-state index in [1.54, 1.807) is 23.1 Å². The fourth-order valence-corrected chi connectivity index (χ4v) is 2.66. The van der Waals surface area contributed by atoms with Gasteiger partial charge in [0.1, 0.15) is 11.6 Å². The van der Waals surface area contributed by atoms with Crippen molar-refractivity contribution in [2.75, 3.05) is 31.1 Å². The molecule has 0 radical (unpaired) electrons. The van der Waals surface area contributed by atoms with Gasteiger partial charge in [0.05, 0.1) is 5.56 Å². The Hall–Kier alpha value is -2.96. The maximum absolute atomic E-state index is 13.2. The van der Waals surface area contributed by atoms with Crippen molar-refractivity contribution in [1.82, 2.24) is 9.88 Å². The van der Waals surface area contributed by atoms with Crippen molar-refractivity contribution in [3.05, 3.63) is 59.5 Å². The molecule has 0 aliphatic carbocycles. The summed E-state index contributed by atoms with van der Waals surface area (Å²) in [5.41, 5.74) is 5.91. The minimum atomic E-state index is -0.514. The number of benzene rings is 1. The summed E-state index contributed by atoms with van der Waals surface area (Å²) >= 11 is 0. The predicted octanol–water partition coefficient (Wildman–Crippen LogP) is 1.28. The molecule has 1 aliphatic heterocycles. The molecule has 2 aromatic rings. The maximum atomic E-state index is 13.2. The van der Waals surface area contributed by atoms with Crippen molar-refractivity contribution in [2.45, 2.75) is 0 Å². The number of carbonyl (C=O) groups excluding carboxylic acids is 2. The van der Waals surface area contributed by atoms with E-state index in [1.165, 1.54) is 24.4 Å². The molecule has 1 aromatic heterocycles. The molecule has 2 N–H and O–H groups in total. The Labute approximate surface area is 138 Å². The summed E-state index contributed by atoms with van der Waals surface area (Å²) in [4.78, 5) is 31.4. The molecule has 1 fully saturated rings. The predicted molar refractivity (Wildman–Crippen MR) is 87.3 cm³/mol. The van der Waals surface area contributed by atoms with Crippen molar-refractivity contribution in [1.29, 1.82) is 0 Å². The summed E-state index contributed by atoms with van der Waals surface area (Å²) in [5.74, 6) is -0.373. The summed E-state index contributed by atoms with van der Waals surface area (Å²) in [5, 5.41) is 0. The number of amides is 2. The summed E-state index contributed by atoms with van der Waals surface area (Å²) in [6.45, 7) is 2.27. The minimum Gasteiger partial charge on any atom is -0.366 e. The van der Waals surface area contributed by atoms with Crippen molar-refractivity contribution in [3.8, 4) is 0 Å². The van der Waals surface area contributed by atoms with Crippen LogP contribution in [-0.2, 0) is 0 Å². The van der Waals surface area contributed by atoms with Gasteiger partial charge in [-0.05, 0) is 30.3 Å². The second-order valence-corrected chi connectivity index (χ2v) is 5.56. The van der Waals surface area contributed by atoms with E-state index in [0.29, 0.717) is 37.3 Å². The standard InChI is InChI=1S/C17H17FN4O2/c18-14-3-1-2-12(10-14)17(24)22-8-6-21(7-9-22)15-5-4-13(11-20-15)16(19)23/h1-5,10-11H,6-9H2,(H2,19,23). The van der Waals surface area contributed by atoms with E-state index in [1.807, 2.05) is 4.90 Å². The fraction of sp³-hybridized carbons (Fsp3) is 0.235. The Balaban J connectivity index is 1.63. The van der Waals surface area contributed by atoms with Gasteiger partial charge in [-0.3, -0.25) is 9.59 Å². The van der Waals surface area contributed by atoms with Gasteiger partial charge in [-0.25, -0.2) is 9.37 Å². The van der Waals surface area contributed by atoms with Gasteiger partial charge in [-0.2, -0.15) is 0 Å². The van der Waals surface area contributed by atoms with Gasteiger partial charge in [-0.15, -0.1) is 0 Å². The third-order valence-corrected chi connectivity index (χ3v) is 3.99. The highest BCUT2D eigenvalue weighted by Crippen LogP contribution is 2.16. The first-order valence-corrected chi connectivity index (χ1v) is 7.60. The van der Waals surface area contributed by atoms with E-state index in [9.17, 15) is 14.0 Å². The van der Waals surface area contributed by atoms with Gasteiger partial charge in [0.2, 0.25) is 5.91 Å². The summed E-state index contributed by atoms with van der Waals surface area (Å²) in [6.07, 6.45) is 1.45. The largest absolute Gasteiger partial charge is 0.366 e. The van der Waals surface area contributed by atoms with Crippen molar-refractivity contribution >= 4 is 17.6 Å². The number of aromatic nitrogens is 1. The maximum Gasteiger partial charge on any atom is 0.254 e. The van der Waals surface area contributed by atoms with Crippen LogP contribution in [-0.4, -0.2) is 47.9 Å². The summed E-state index contributed by atoms with van der Waals surface area (Å²) in [7, 11) is 0. The third kappa shape index (κ3) is 3.34. The van der Waals surface area contributed by atoms with Crippen LogP contribution in [0.5, 0.6) is 0 Å². The Morgan fingerprint density at radius 1 is 1.04 bits per heavy atom. The topological polar surface area (TPSA) is 79.5 Å². The Kier molecular flexibility index (Phi) is 4.41. The molecule has 24 heavy (non-hydrogen) atoms.